The maximum absolute atomic E-state index is 10.4. The second-order valence-electron chi connectivity index (χ2n) is 3.61. The van der Waals surface area contributed by atoms with Crippen molar-refractivity contribution in [2.75, 3.05) is 13.2 Å². The van der Waals surface area contributed by atoms with E-state index in [-0.39, 0.29) is 13.2 Å². The van der Waals surface area contributed by atoms with Crippen LogP contribution in [-0.4, -0.2) is 47.5 Å². The Morgan fingerprint density at radius 2 is 2.36 bits per heavy atom. The molecule has 0 saturated carbocycles. The Balaban J connectivity index is 2.50. The van der Waals surface area contributed by atoms with Gasteiger partial charge in [0.1, 0.15) is 6.10 Å². The first-order valence-electron chi connectivity index (χ1n) is 4.37. The first-order chi connectivity index (χ1) is 6.44. The zero-order valence-electron chi connectivity index (χ0n) is 8.19. The lowest BCUT2D eigenvalue weighted by atomic mass is 10.2. The van der Waals surface area contributed by atoms with Crippen LogP contribution in [-0.2, 0) is 9.47 Å². The Morgan fingerprint density at radius 3 is 2.71 bits per heavy atom. The van der Waals surface area contributed by atoms with Gasteiger partial charge < -0.3 is 25.0 Å². The summed E-state index contributed by atoms with van der Waals surface area (Å²) in [4.78, 5) is 10.4. The van der Waals surface area contributed by atoms with Gasteiger partial charge in [0, 0.05) is 0 Å². The van der Waals surface area contributed by atoms with Gasteiger partial charge in [-0.15, -0.1) is 0 Å². The monoisotopic (exact) mass is 205 g/mol. The zero-order valence-corrected chi connectivity index (χ0v) is 8.19. The normalized spacial score (nSPS) is 27.2. The third-order valence-corrected chi connectivity index (χ3v) is 1.98. The van der Waals surface area contributed by atoms with Crippen molar-refractivity contribution in [3.63, 3.8) is 0 Å². The summed E-state index contributed by atoms with van der Waals surface area (Å²) in [6, 6.07) is -0.644. The standard InChI is InChI=1S/C8H15NO5/c1-8(2)13-4-6(14-8)5(3-10)9-7(11)12/h5-6,9-10H,3-4H2,1-2H3,(H,11,12)/t5-,6+/m0/s1. The molecule has 1 aliphatic rings. The third-order valence-electron chi connectivity index (χ3n) is 1.98. The van der Waals surface area contributed by atoms with Crippen LogP contribution in [0.15, 0.2) is 0 Å². The number of nitrogens with one attached hydrogen (secondary N) is 1. The minimum atomic E-state index is -1.18. The molecule has 6 heteroatoms. The van der Waals surface area contributed by atoms with Gasteiger partial charge in [0.15, 0.2) is 5.79 Å². The molecule has 1 fully saturated rings. The Bertz CT molecular complexity index is 218. The van der Waals surface area contributed by atoms with Crippen LogP contribution in [0, 0.1) is 0 Å². The van der Waals surface area contributed by atoms with Gasteiger partial charge >= 0.3 is 6.09 Å². The Kier molecular flexibility index (Phi) is 3.30. The molecule has 0 aliphatic carbocycles. The van der Waals surface area contributed by atoms with E-state index in [0.717, 1.165) is 0 Å². The van der Waals surface area contributed by atoms with Crippen molar-refractivity contribution in [3.8, 4) is 0 Å². The number of amides is 1. The highest BCUT2D eigenvalue weighted by Crippen LogP contribution is 2.23. The quantitative estimate of drug-likeness (QED) is 0.592. The van der Waals surface area contributed by atoms with Crippen molar-refractivity contribution in [3.05, 3.63) is 0 Å². The van der Waals surface area contributed by atoms with Gasteiger partial charge in [0.2, 0.25) is 0 Å². The van der Waals surface area contributed by atoms with Crippen LogP contribution in [0.25, 0.3) is 0 Å². The topological polar surface area (TPSA) is 88.0 Å². The van der Waals surface area contributed by atoms with Gasteiger partial charge in [0.05, 0.1) is 19.3 Å². The van der Waals surface area contributed by atoms with Gasteiger partial charge in [0.25, 0.3) is 0 Å². The molecule has 82 valence electrons. The van der Waals surface area contributed by atoms with Crippen LogP contribution in [0.5, 0.6) is 0 Å². The third kappa shape index (κ3) is 2.83. The molecular weight excluding hydrogens is 190 g/mol. The summed E-state index contributed by atoms with van der Waals surface area (Å²) in [6.45, 7) is 3.44. The molecule has 0 aromatic carbocycles. The van der Waals surface area contributed by atoms with Gasteiger partial charge in [-0.1, -0.05) is 0 Å². The first-order valence-corrected chi connectivity index (χ1v) is 4.37. The maximum Gasteiger partial charge on any atom is 0.405 e. The number of carboxylic acid groups (broad SMARTS) is 1. The van der Waals surface area contributed by atoms with Crippen molar-refractivity contribution in [1.29, 1.82) is 0 Å². The van der Waals surface area contributed by atoms with E-state index in [1.54, 1.807) is 13.8 Å². The van der Waals surface area contributed by atoms with E-state index >= 15 is 0 Å². The van der Waals surface area contributed by atoms with E-state index in [0.29, 0.717) is 0 Å². The van der Waals surface area contributed by atoms with Crippen molar-refractivity contribution < 1.29 is 24.5 Å². The van der Waals surface area contributed by atoms with E-state index in [1.807, 2.05) is 0 Å². The van der Waals surface area contributed by atoms with Gasteiger partial charge in [-0.3, -0.25) is 0 Å². The SMILES string of the molecule is CC1(C)OC[C@H]([C@H](CO)NC(=O)O)O1. The molecule has 6 nitrogen and oxygen atoms in total. The highest BCUT2D eigenvalue weighted by molar-refractivity contribution is 5.64. The van der Waals surface area contributed by atoms with Crippen molar-refractivity contribution in [2.45, 2.75) is 31.8 Å². The predicted octanol–water partition coefficient (Wildman–Crippen LogP) is -0.234. The first kappa shape index (κ1) is 11.2. The van der Waals surface area contributed by atoms with Gasteiger partial charge in [-0.25, -0.2) is 4.79 Å². The van der Waals surface area contributed by atoms with E-state index in [2.05, 4.69) is 5.32 Å². The fourth-order valence-electron chi connectivity index (χ4n) is 1.33. The number of hydrogen-bond acceptors (Lipinski definition) is 4. The molecule has 0 bridgehead atoms. The summed E-state index contributed by atoms with van der Waals surface area (Å²) in [5.41, 5.74) is 0. The number of hydrogen-bond donors (Lipinski definition) is 3. The number of rotatable bonds is 3. The number of ether oxygens (including phenoxy) is 2. The number of aliphatic hydroxyl groups excluding tert-OH is 1. The summed E-state index contributed by atoms with van der Waals surface area (Å²) in [5.74, 6) is -0.710. The molecule has 1 saturated heterocycles. The average Bonchev–Trinajstić information content (AvgIpc) is 2.41. The molecule has 1 heterocycles. The van der Waals surface area contributed by atoms with Crippen LogP contribution in [0.2, 0.25) is 0 Å². The largest absolute Gasteiger partial charge is 0.465 e. The van der Waals surface area contributed by atoms with Crippen molar-refractivity contribution in [2.24, 2.45) is 0 Å². The molecule has 0 radical (unpaired) electrons. The summed E-state index contributed by atoms with van der Waals surface area (Å²) in [7, 11) is 0. The van der Waals surface area contributed by atoms with Crippen LogP contribution in [0.4, 0.5) is 4.79 Å². The lowest BCUT2D eigenvalue weighted by molar-refractivity contribution is -0.142. The molecule has 1 aliphatic heterocycles. The van der Waals surface area contributed by atoms with Crippen molar-refractivity contribution >= 4 is 6.09 Å². The molecule has 1 rings (SSSR count). The van der Waals surface area contributed by atoms with Gasteiger partial charge in [-0.2, -0.15) is 0 Å². The molecule has 1 amide bonds. The molecular formula is C8H15NO5. The van der Waals surface area contributed by atoms with E-state index in [4.69, 9.17) is 19.7 Å². The molecule has 14 heavy (non-hydrogen) atoms. The molecule has 0 spiro atoms. The average molecular weight is 205 g/mol. The minimum absolute atomic E-state index is 0.276. The van der Waals surface area contributed by atoms with Crippen LogP contribution in [0.3, 0.4) is 0 Å². The lowest BCUT2D eigenvalue weighted by Gasteiger charge is -2.22. The van der Waals surface area contributed by atoms with E-state index < -0.39 is 24.0 Å². The van der Waals surface area contributed by atoms with Crippen molar-refractivity contribution in [1.82, 2.24) is 5.32 Å². The lowest BCUT2D eigenvalue weighted by Crippen LogP contribution is -2.46. The molecule has 2 atom stereocenters. The zero-order chi connectivity index (χ0) is 10.8. The fraction of sp³-hybridized carbons (Fsp3) is 0.875. The maximum atomic E-state index is 10.4. The summed E-state index contributed by atoms with van der Waals surface area (Å²) in [5, 5.41) is 19.6. The van der Waals surface area contributed by atoms with Crippen LogP contribution in [0.1, 0.15) is 13.8 Å². The molecule has 0 aromatic heterocycles. The van der Waals surface area contributed by atoms with E-state index in [9.17, 15) is 4.79 Å². The summed E-state index contributed by atoms with van der Waals surface area (Å²) >= 11 is 0. The van der Waals surface area contributed by atoms with Gasteiger partial charge in [-0.05, 0) is 13.8 Å². The fourth-order valence-corrected chi connectivity index (χ4v) is 1.33. The second kappa shape index (κ2) is 4.12. The summed E-state index contributed by atoms with van der Waals surface area (Å²) < 4.78 is 10.6. The highest BCUT2D eigenvalue weighted by atomic mass is 16.7. The smallest absolute Gasteiger partial charge is 0.405 e. The van der Waals surface area contributed by atoms with Crippen LogP contribution < -0.4 is 5.32 Å². The highest BCUT2D eigenvalue weighted by Gasteiger charge is 2.37. The second-order valence-corrected chi connectivity index (χ2v) is 3.61. The molecule has 3 N–H and O–H groups in total. The number of aliphatic hydroxyl groups is 1. The predicted molar refractivity (Wildman–Crippen MR) is 46.9 cm³/mol. The minimum Gasteiger partial charge on any atom is -0.465 e. The number of carbonyl (C=O) groups is 1. The van der Waals surface area contributed by atoms with Crippen LogP contribution >= 0.6 is 0 Å². The van der Waals surface area contributed by atoms with E-state index in [1.165, 1.54) is 0 Å². The molecule has 0 aromatic rings. The Morgan fingerprint density at radius 1 is 1.71 bits per heavy atom. The Labute approximate surface area is 81.8 Å². The summed E-state index contributed by atoms with van der Waals surface area (Å²) in [6.07, 6.45) is -1.62. The Hall–Kier alpha value is -0.850. The molecule has 0 unspecified atom stereocenters.